The van der Waals surface area contributed by atoms with E-state index >= 15 is 0 Å². The second-order valence-electron chi connectivity index (χ2n) is 7.57. The smallest absolute Gasteiger partial charge is 0.222 e. The molecule has 2 heterocycles. The first-order valence-electron chi connectivity index (χ1n) is 9.97. The fourth-order valence-corrected chi connectivity index (χ4v) is 4.34. The Morgan fingerprint density at radius 3 is 2.64 bits per heavy atom. The first-order chi connectivity index (χ1) is 13.7. The number of carbonyl (C=O) groups excluding carboxylic acids is 1. The molecule has 4 nitrogen and oxygen atoms in total. The Balaban J connectivity index is 1.22. The van der Waals surface area contributed by atoms with Gasteiger partial charge in [-0.3, -0.25) is 9.69 Å². The quantitative estimate of drug-likeness (QED) is 0.610. The van der Waals surface area contributed by atoms with Gasteiger partial charge in [0.15, 0.2) is 0 Å². The molecule has 1 N–H and O–H groups in total. The van der Waals surface area contributed by atoms with Crippen LogP contribution >= 0.6 is 15.9 Å². The molecule has 0 atom stereocenters. The van der Waals surface area contributed by atoms with Crippen molar-refractivity contribution in [1.82, 2.24) is 14.8 Å². The van der Waals surface area contributed by atoms with Crippen LogP contribution in [0.4, 0.5) is 0 Å². The van der Waals surface area contributed by atoms with Gasteiger partial charge in [0.1, 0.15) is 0 Å². The maximum absolute atomic E-state index is 12.4. The Kier molecular flexibility index (Phi) is 6.13. The normalized spacial score (nSPS) is 15.8. The molecule has 4 rings (SSSR count). The summed E-state index contributed by atoms with van der Waals surface area (Å²) in [7, 11) is 0. The van der Waals surface area contributed by atoms with Crippen LogP contribution in [-0.2, 0) is 17.9 Å². The number of aromatic nitrogens is 1. The Bertz CT molecular complexity index is 929. The van der Waals surface area contributed by atoms with Gasteiger partial charge in [0, 0.05) is 60.2 Å². The molecule has 1 amide bonds. The predicted molar refractivity (Wildman–Crippen MR) is 117 cm³/mol. The number of rotatable bonds is 6. The van der Waals surface area contributed by atoms with Crippen LogP contribution in [0.5, 0.6) is 0 Å². The number of aryl methyl sites for hydroxylation is 1. The van der Waals surface area contributed by atoms with Crippen LogP contribution in [0, 0.1) is 0 Å². The van der Waals surface area contributed by atoms with E-state index in [4.69, 9.17) is 0 Å². The molecule has 2 aromatic carbocycles. The van der Waals surface area contributed by atoms with Crippen molar-refractivity contribution in [3.05, 3.63) is 70.8 Å². The Morgan fingerprint density at radius 2 is 1.86 bits per heavy atom. The first kappa shape index (κ1) is 19.2. The molecule has 1 fully saturated rings. The van der Waals surface area contributed by atoms with Gasteiger partial charge in [-0.05, 0) is 42.7 Å². The summed E-state index contributed by atoms with van der Waals surface area (Å²) in [6.45, 7) is 3.79. The zero-order valence-corrected chi connectivity index (χ0v) is 17.6. The number of benzene rings is 2. The molecule has 146 valence electrons. The summed E-state index contributed by atoms with van der Waals surface area (Å²) in [5.41, 5.74) is 2.53. The molecule has 3 aromatic rings. The number of nitrogens with one attached hydrogen (secondary N) is 1. The summed E-state index contributed by atoms with van der Waals surface area (Å²) in [6.07, 6.45) is 4.63. The van der Waals surface area contributed by atoms with Crippen LogP contribution in [-0.4, -0.2) is 34.5 Å². The van der Waals surface area contributed by atoms with E-state index in [2.05, 4.69) is 85.4 Å². The molecule has 1 saturated heterocycles. The maximum Gasteiger partial charge on any atom is 0.222 e. The van der Waals surface area contributed by atoms with Gasteiger partial charge in [-0.1, -0.05) is 46.3 Å². The third-order valence-electron chi connectivity index (χ3n) is 5.51. The van der Waals surface area contributed by atoms with Crippen molar-refractivity contribution in [2.75, 3.05) is 13.1 Å². The van der Waals surface area contributed by atoms with E-state index in [0.717, 1.165) is 36.9 Å². The number of carbonyl (C=O) groups is 1. The van der Waals surface area contributed by atoms with Crippen LogP contribution in [0.2, 0.25) is 0 Å². The van der Waals surface area contributed by atoms with Crippen molar-refractivity contribution >= 4 is 32.7 Å². The lowest BCUT2D eigenvalue weighted by molar-refractivity contribution is -0.122. The van der Waals surface area contributed by atoms with Crippen molar-refractivity contribution in [1.29, 1.82) is 0 Å². The van der Waals surface area contributed by atoms with E-state index in [1.807, 2.05) is 6.07 Å². The topological polar surface area (TPSA) is 37.3 Å². The molecule has 0 bridgehead atoms. The standard InChI is InChI=1S/C23H26BrN3O/c24-20-6-7-22-19(16-20)8-14-27(22)15-11-23(28)25-21-9-12-26(13-10-21)17-18-4-2-1-3-5-18/h1-8,14,16,21H,9-13,15,17H2,(H,25,28). The Morgan fingerprint density at radius 1 is 1.07 bits per heavy atom. The van der Waals surface area contributed by atoms with Crippen molar-refractivity contribution in [3.63, 3.8) is 0 Å². The highest BCUT2D eigenvalue weighted by molar-refractivity contribution is 9.10. The third-order valence-corrected chi connectivity index (χ3v) is 6.01. The number of likely N-dealkylation sites (tertiary alicyclic amines) is 1. The molecule has 0 saturated carbocycles. The van der Waals surface area contributed by atoms with Crippen molar-refractivity contribution in [2.45, 2.75) is 38.4 Å². The van der Waals surface area contributed by atoms with E-state index < -0.39 is 0 Å². The zero-order chi connectivity index (χ0) is 19.3. The van der Waals surface area contributed by atoms with Crippen molar-refractivity contribution in [2.24, 2.45) is 0 Å². The number of hydrogen-bond donors (Lipinski definition) is 1. The molecule has 1 aliphatic rings. The van der Waals surface area contributed by atoms with Crippen molar-refractivity contribution in [3.8, 4) is 0 Å². The van der Waals surface area contributed by atoms with E-state index in [0.29, 0.717) is 19.0 Å². The van der Waals surface area contributed by atoms with Crippen LogP contribution in [0.25, 0.3) is 10.9 Å². The fraction of sp³-hybridized carbons (Fsp3) is 0.348. The van der Waals surface area contributed by atoms with E-state index in [9.17, 15) is 4.79 Å². The van der Waals surface area contributed by atoms with Gasteiger partial charge in [-0.25, -0.2) is 0 Å². The molecule has 1 aromatic heterocycles. The molecular weight excluding hydrogens is 414 g/mol. The molecule has 5 heteroatoms. The summed E-state index contributed by atoms with van der Waals surface area (Å²) in [6, 6.07) is 19.2. The minimum atomic E-state index is 0.153. The van der Waals surface area contributed by atoms with Gasteiger partial charge in [0.2, 0.25) is 5.91 Å². The summed E-state index contributed by atoms with van der Waals surface area (Å²) < 4.78 is 3.23. The largest absolute Gasteiger partial charge is 0.353 e. The van der Waals surface area contributed by atoms with Gasteiger partial charge in [-0.15, -0.1) is 0 Å². The summed E-state index contributed by atoms with van der Waals surface area (Å²) in [5, 5.41) is 4.43. The second kappa shape index (κ2) is 8.93. The number of piperidine rings is 1. The predicted octanol–water partition coefficient (Wildman–Crippen LogP) is 4.57. The zero-order valence-electron chi connectivity index (χ0n) is 16.0. The SMILES string of the molecule is O=C(CCn1ccc2cc(Br)ccc21)NC1CCN(Cc2ccccc2)CC1. The first-order valence-corrected chi connectivity index (χ1v) is 10.8. The minimum absolute atomic E-state index is 0.153. The molecule has 0 unspecified atom stereocenters. The number of nitrogens with zero attached hydrogens (tertiary/aromatic N) is 2. The minimum Gasteiger partial charge on any atom is -0.353 e. The number of amides is 1. The molecule has 28 heavy (non-hydrogen) atoms. The van der Waals surface area contributed by atoms with Crippen LogP contribution in [0.15, 0.2) is 65.3 Å². The number of hydrogen-bond acceptors (Lipinski definition) is 2. The highest BCUT2D eigenvalue weighted by atomic mass is 79.9. The average molecular weight is 440 g/mol. The number of halogens is 1. The van der Waals surface area contributed by atoms with Crippen molar-refractivity contribution < 1.29 is 4.79 Å². The van der Waals surface area contributed by atoms with E-state index in [-0.39, 0.29) is 5.91 Å². The summed E-state index contributed by atoms with van der Waals surface area (Å²) >= 11 is 3.50. The Hall–Kier alpha value is -2.11. The second-order valence-corrected chi connectivity index (χ2v) is 8.48. The lowest BCUT2D eigenvalue weighted by Gasteiger charge is -2.32. The lowest BCUT2D eigenvalue weighted by atomic mass is 10.0. The van der Waals surface area contributed by atoms with Crippen LogP contribution in [0.1, 0.15) is 24.8 Å². The van der Waals surface area contributed by atoms with E-state index in [1.165, 1.54) is 16.5 Å². The van der Waals surface area contributed by atoms with Crippen LogP contribution in [0.3, 0.4) is 0 Å². The molecule has 0 aliphatic carbocycles. The molecule has 0 radical (unpaired) electrons. The lowest BCUT2D eigenvalue weighted by Crippen LogP contribution is -2.44. The molecular formula is C23H26BrN3O. The third kappa shape index (κ3) is 4.83. The van der Waals surface area contributed by atoms with Gasteiger partial charge in [-0.2, -0.15) is 0 Å². The number of fused-ring (bicyclic) bond motifs is 1. The summed E-state index contributed by atoms with van der Waals surface area (Å²) in [4.78, 5) is 14.9. The molecule has 1 aliphatic heterocycles. The maximum atomic E-state index is 12.4. The van der Waals surface area contributed by atoms with Gasteiger partial charge in [0.05, 0.1) is 0 Å². The fourth-order valence-electron chi connectivity index (χ4n) is 3.96. The average Bonchev–Trinajstić information content (AvgIpc) is 3.11. The highest BCUT2D eigenvalue weighted by Crippen LogP contribution is 2.21. The monoisotopic (exact) mass is 439 g/mol. The van der Waals surface area contributed by atoms with Gasteiger partial charge >= 0.3 is 0 Å². The van der Waals surface area contributed by atoms with Crippen LogP contribution < -0.4 is 5.32 Å². The Labute approximate surface area is 174 Å². The van der Waals surface area contributed by atoms with Gasteiger partial charge < -0.3 is 9.88 Å². The molecule has 0 spiro atoms. The van der Waals surface area contributed by atoms with E-state index in [1.54, 1.807) is 0 Å². The van der Waals surface area contributed by atoms with Gasteiger partial charge in [0.25, 0.3) is 0 Å². The summed E-state index contributed by atoms with van der Waals surface area (Å²) in [5.74, 6) is 0.153. The highest BCUT2D eigenvalue weighted by Gasteiger charge is 2.20.